The van der Waals surface area contributed by atoms with Gasteiger partial charge in [-0.05, 0) is 12.0 Å². The zero-order chi connectivity index (χ0) is 17.8. The number of hydrogen-bond acceptors (Lipinski definition) is 4. The highest BCUT2D eigenvalue weighted by Crippen LogP contribution is 2.51. The highest BCUT2D eigenvalue weighted by atomic mass is 28.3. The summed E-state index contributed by atoms with van der Waals surface area (Å²) in [7, 11) is 1.09. The summed E-state index contributed by atoms with van der Waals surface area (Å²) in [6, 6.07) is 3.44. The molecule has 0 aliphatic heterocycles. The summed E-state index contributed by atoms with van der Waals surface area (Å²) in [5.74, 6) is -1.37. The first-order valence-corrected chi connectivity index (χ1v) is 11.1. The molecule has 0 aromatic heterocycles. The Morgan fingerprint density at radius 1 is 1.17 bits per heavy atom. The van der Waals surface area contributed by atoms with Crippen LogP contribution in [0.25, 0.3) is 0 Å². The van der Waals surface area contributed by atoms with Crippen molar-refractivity contribution in [1.29, 1.82) is 0 Å². The van der Waals surface area contributed by atoms with Gasteiger partial charge in [-0.15, -0.1) is 0 Å². The maximum atomic E-state index is 12.4. The van der Waals surface area contributed by atoms with E-state index in [2.05, 4.69) is 33.0 Å². The molecule has 130 valence electrons. The molecule has 1 aliphatic carbocycles. The van der Waals surface area contributed by atoms with Gasteiger partial charge in [0, 0.05) is 5.92 Å². The predicted octanol–water partition coefficient (Wildman–Crippen LogP) is 3.89. The molecule has 0 amide bonds. The SMILES string of the molecule is C=C1/C(=C/[Si](CC)(CC)CC)CC(C(=O)OC)(C(=O)OC)C1C. The minimum atomic E-state index is -1.53. The van der Waals surface area contributed by atoms with Gasteiger partial charge in [-0.25, -0.2) is 0 Å². The van der Waals surface area contributed by atoms with Gasteiger partial charge in [0.05, 0.1) is 22.3 Å². The summed E-state index contributed by atoms with van der Waals surface area (Å²) in [6.45, 7) is 12.7. The number of methoxy groups -OCH3 is 2. The van der Waals surface area contributed by atoms with Crippen LogP contribution in [0.4, 0.5) is 0 Å². The normalized spacial score (nSPS) is 22.3. The minimum Gasteiger partial charge on any atom is -0.468 e. The third kappa shape index (κ3) is 3.16. The zero-order valence-corrected chi connectivity index (χ0v) is 16.3. The van der Waals surface area contributed by atoms with Crippen molar-refractivity contribution in [3.63, 3.8) is 0 Å². The lowest BCUT2D eigenvalue weighted by molar-refractivity contribution is -0.170. The molecule has 0 bridgehead atoms. The fourth-order valence-corrected chi connectivity index (χ4v) is 6.80. The molecule has 0 heterocycles. The first-order valence-electron chi connectivity index (χ1n) is 8.36. The summed E-state index contributed by atoms with van der Waals surface area (Å²) in [5, 5.41) is 0. The highest BCUT2D eigenvalue weighted by Gasteiger charge is 2.58. The van der Waals surface area contributed by atoms with E-state index in [1.54, 1.807) is 0 Å². The van der Waals surface area contributed by atoms with Crippen LogP contribution in [0, 0.1) is 11.3 Å². The van der Waals surface area contributed by atoms with Crippen LogP contribution in [0.15, 0.2) is 23.4 Å². The maximum absolute atomic E-state index is 12.4. The van der Waals surface area contributed by atoms with Gasteiger partial charge >= 0.3 is 11.9 Å². The van der Waals surface area contributed by atoms with Gasteiger partial charge in [0.25, 0.3) is 0 Å². The number of hydrogen-bond donors (Lipinski definition) is 0. The Bertz CT molecular complexity index is 493. The second-order valence-electron chi connectivity index (χ2n) is 6.47. The van der Waals surface area contributed by atoms with Gasteiger partial charge in [0.15, 0.2) is 5.41 Å². The largest absolute Gasteiger partial charge is 0.468 e. The van der Waals surface area contributed by atoms with E-state index >= 15 is 0 Å². The van der Waals surface area contributed by atoms with Gasteiger partial charge in [0.1, 0.15) is 0 Å². The van der Waals surface area contributed by atoms with E-state index in [4.69, 9.17) is 9.47 Å². The molecule has 1 aliphatic rings. The molecule has 5 heteroatoms. The number of rotatable bonds is 6. The summed E-state index contributed by atoms with van der Waals surface area (Å²) in [4.78, 5) is 24.9. The van der Waals surface area contributed by atoms with Crippen LogP contribution in [-0.2, 0) is 19.1 Å². The fourth-order valence-electron chi connectivity index (χ4n) is 3.66. The molecule has 0 saturated heterocycles. The third-order valence-corrected chi connectivity index (χ3v) is 11.0. The molecule has 0 aromatic rings. The Labute approximate surface area is 140 Å². The van der Waals surface area contributed by atoms with Gasteiger partial charge in [0.2, 0.25) is 0 Å². The van der Waals surface area contributed by atoms with E-state index in [1.165, 1.54) is 14.2 Å². The van der Waals surface area contributed by atoms with Crippen molar-refractivity contribution < 1.29 is 19.1 Å². The van der Waals surface area contributed by atoms with E-state index in [0.29, 0.717) is 6.42 Å². The predicted molar refractivity (Wildman–Crippen MR) is 94.7 cm³/mol. The number of allylic oxidation sites excluding steroid dienone is 2. The van der Waals surface area contributed by atoms with Crippen molar-refractivity contribution >= 4 is 20.0 Å². The van der Waals surface area contributed by atoms with Gasteiger partial charge in [-0.1, -0.05) is 63.7 Å². The number of ether oxygens (including phenoxy) is 2. The quantitative estimate of drug-likeness (QED) is 0.419. The summed E-state index contributed by atoms with van der Waals surface area (Å²) in [6.07, 6.45) is 0.334. The van der Waals surface area contributed by atoms with Crippen molar-refractivity contribution in [1.82, 2.24) is 0 Å². The molecule has 4 nitrogen and oxygen atoms in total. The molecule has 1 rings (SSSR count). The molecule has 0 radical (unpaired) electrons. The van der Waals surface area contributed by atoms with Crippen LogP contribution in [0.5, 0.6) is 0 Å². The Hall–Kier alpha value is -1.36. The molecule has 1 unspecified atom stereocenters. The lowest BCUT2D eigenvalue weighted by Gasteiger charge is -2.27. The standard InChI is InChI=1S/C18H30O4Si/c1-8-23(9-2,10-3)12-15-11-18(16(19)21-6,17(20)22-7)14(5)13(15)4/h12,14H,4,8-11H2,1-3,5-7H3/b15-12+. The lowest BCUT2D eigenvalue weighted by atomic mass is 9.78. The summed E-state index contributed by atoms with van der Waals surface area (Å²) >= 11 is 0. The Balaban J connectivity index is 3.41. The van der Waals surface area contributed by atoms with E-state index in [1.807, 2.05) is 6.92 Å². The van der Waals surface area contributed by atoms with Crippen molar-refractivity contribution in [3.8, 4) is 0 Å². The molecular formula is C18H30O4Si. The molecule has 0 aromatic carbocycles. The van der Waals surface area contributed by atoms with Gasteiger partial charge in [-0.2, -0.15) is 0 Å². The van der Waals surface area contributed by atoms with E-state index in [0.717, 1.165) is 29.3 Å². The first-order chi connectivity index (χ1) is 10.8. The molecule has 23 heavy (non-hydrogen) atoms. The molecule has 1 fully saturated rings. The van der Waals surface area contributed by atoms with Crippen molar-refractivity contribution in [2.24, 2.45) is 11.3 Å². The highest BCUT2D eigenvalue weighted by molar-refractivity contribution is 6.84. The van der Waals surface area contributed by atoms with E-state index < -0.39 is 25.4 Å². The zero-order valence-electron chi connectivity index (χ0n) is 15.3. The molecular weight excluding hydrogens is 308 g/mol. The Kier molecular flexibility index (Phi) is 6.39. The van der Waals surface area contributed by atoms with Crippen LogP contribution in [0.1, 0.15) is 34.1 Å². The van der Waals surface area contributed by atoms with E-state index in [-0.39, 0.29) is 5.92 Å². The lowest BCUT2D eigenvalue weighted by Crippen LogP contribution is -2.43. The molecule has 1 atom stereocenters. The maximum Gasteiger partial charge on any atom is 0.324 e. The minimum absolute atomic E-state index is 0.314. The molecule has 0 N–H and O–H groups in total. The number of carbonyl (C=O) groups excluding carboxylic acids is 2. The Morgan fingerprint density at radius 3 is 1.96 bits per heavy atom. The monoisotopic (exact) mass is 338 g/mol. The second kappa shape index (κ2) is 7.47. The van der Waals surface area contributed by atoms with Crippen LogP contribution in [0.2, 0.25) is 18.1 Å². The van der Waals surface area contributed by atoms with Crippen LogP contribution >= 0.6 is 0 Å². The number of carbonyl (C=O) groups is 2. The van der Waals surface area contributed by atoms with Gasteiger partial charge in [-0.3, -0.25) is 9.59 Å². The number of esters is 2. The van der Waals surface area contributed by atoms with E-state index in [9.17, 15) is 9.59 Å². The van der Waals surface area contributed by atoms with Crippen LogP contribution in [-0.4, -0.2) is 34.2 Å². The third-order valence-electron chi connectivity index (χ3n) is 5.84. The van der Waals surface area contributed by atoms with Gasteiger partial charge < -0.3 is 9.47 Å². The van der Waals surface area contributed by atoms with Crippen molar-refractivity contribution in [3.05, 3.63) is 23.4 Å². The average Bonchev–Trinajstić information content (AvgIpc) is 2.84. The summed E-state index contributed by atoms with van der Waals surface area (Å²) < 4.78 is 9.88. The van der Waals surface area contributed by atoms with Crippen molar-refractivity contribution in [2.75, 3.05) is 14.2 Å². The smallest absolute Gasteiger partial charge is 0.324 e. The topological polar surface area (TPSA) is 52.6 Å². The second-order valence-corrected chi connectivity index (χ2v) is 11.6. The molecule has 1 saturated carbocycles. The van der Waals surface area contributed by atoms with Crippen LogP contribution in [0.3, 0.4) is 0 Å². The Morgan fingerprint density at radius 2 is 1.61 bits per heavy atom. The first kappa shape index (κ1) is 19.7. The fraction of sp³-hybridized carbons (Fsp3) is 0.667. The van der Waals surface area contributed by atoms with Crippen molar-refractivity contribution in [2.45, 2.75) is 52.2 Å². The average molecular weight is 339 g/mol. The molecule has 0 spiro atoms. The van der Waals surface area contributed by atoms with Crippen LogP contribution < -0.4 is 0 Å². The summed E-state index contributed by atoms with van der Waals surface area (Å²) in [5.41, 5.74) is 2.99.